The van der Waals surface area contributed by atoms with Crippen LogP contribution in [-0.4, -0.2) is 13.7 Å². The van der Waals surface area contributed by atoms with Gasteiger partial charge < -0.3 is 15.2 Å². The molecular weight excluding hydrogens is 197 g/mol. The number of rotatable bonds is 4. The average molecular weight is 211 g/mol. The zero-order chi connectivity index (χ0) is 10.8. The van der Waals surface area contributed by atoms with Crippen LogP contribution in [0, 0.1) is 11.7 Å². The standard InChI is InChI=1S/C11H14FNO2/c1-14-11-5-10(8(12)4-9(11)13)15-6-7-2-3-7/h4-5,7H,2-3,6,13H2,1H3. The monoisotopic (exact) mass is 211 g/mol. The minimum Gasteiger partial charge on any atom is -0.494 e. The van der Waals surface area contributed by atoms with Crippen molar-refractivity contribution in [3.63, 3.8) is 0 Å². The summed E-state index contributed by atoms with van der Waals surface area (Å²) in [5.74, 6) is 0.817. The lowest BCUT2D eigenvalue weighted by atomic mass is 10.2. The van der Waals surface area contributed by atoms with Gasteiger partial charge in [-0.3, -0.25) is 0 Å². The lowest BCUT2D eigenvalue weighted by Gasteiger charge is -2.10. The van der Waals surface area contributed by atoms with Crippen LogP contribution >= 0.6 is 0 Å². The third-order valence-electron chi connectivity index (χ3n) is 2.46. The van der Waals surface area contributed by atoms with E-state index in [9.17, 15) is 4.39 Å². The first-order valence-corrected chi connectivity index (χ1v) is 4.96. The largest absolute Gasteiger partial charge is 0.494 e. The first-order valence-electron chi connectivity index (χ1n) is 4.96. The van der Waals surface area contributed by atoms with Crippen molar-refractivity contribution in [2.45, 2.75) is 12.8 Å². The number of anilines is 1. The summed E-state index contributed by atoms with van der Waals surface area (Å²) in [7, 11) is 1.49. The van der Waals surface area contributed by atoms with Gasteiger partial charge in [0.1, 0.15) is 5.75 Å². The van der Waals surface area contributed by atoms with Crippen LogP contribution in [0.1, 0.15) is 12.8 Å². The molecule has 15 heavy (non-hydrogen) atoms. The molecule has 0 amide bonds. The number of nitrogen functional groups attached to an aromatic ring is 1. The minimum atomic E-state index is -0.436. The maximum Gasteiger partial charge on any atom is 0.167 e. The summed E-state index contributed by atoms with van der Waals surface area (Å²) < 4.78 is 23.7. The first-order chi connectivity index (χ1) is 7.20. The molecule has 1 aromatic rings. The summed E-state index contributed by atoms with van der Waals surface area (Å²) in [6.45, 7) is 0.573. The van der Waals surface area contributed by atoms with Crippen LogP contribution in [-0.2, 0) is 0 Å². The van der Waals surface area contributed by atoms with Crippen molar-refractivity contribution < 1.29 is 13.9 Å². The highest BCUT2D eigenvalue weighted by Crippen LogP contribution is 2.33. The Hall–Kier alpha value is -1.45. The van der Waals surface area contributed by atoms with Crippen LogP contribution in [0.4, 0.5) is 10.1 Å². The maximum atomic E-state index is 13.4. The number of hydrogen-bond acceptors (Lipinski definition) is 3. The Morgan fingerprint density at radius 3 is 2.73 bits per heavy atom. The van der Waals surface area contributed by atoms with E-state index in [4.69, 9.17) is 15.2 Å². The van der Waals surface area contributed by atoms with Gasteiger partial charge in [0.05, 0.1) is 19.4 Å². The van der Waals surface area contributed by atoms with Gasteiger partial charge in [0, 0.05) is 12.1 Å². The molecule has 2 rings (SSSR count). The van der Waals surface area contributed by atoms with E-state index in [1.807, 2.05) is 0 Å². The Balaban J connectivity index is 2.13. The molecule has 4 heteroatoms. The Morgan fingerprint density at radius 1 is 1.40 bits per heavy atom. The Labute approximate surface area is 88.0 Å². The second-order valence-corrected chi connectivity index (χ2v) is 3.78. The molecule has 0 spiro atoms. The van der Waals surface area contributed by atoms with Gasteiger partial charge in [-0.15, -0.1) is 0 Å². The molecule has 3 nitrogen and oxygen atoms in total. The fraction of sp³-hybridized carbons (Fsp3) is 0.455. The number of halogens is 1. The number of methoxy groups -OCH3 is 1. The second-order valence-electron chi connectivity index (χ2n) is 3.78. The van der Waals surface area contributed by atoms with Crippen LogP contribution in [0.25, 0.3) is 0 Å². The van der Waals surface area contributed by atoms with Gasteiger partial charge in [0.15, 0.2) is 11.6 Å². The van der Waals surface area contributed by atoms with Crippen molar-refractivity contribution in [1.82, 2.24) is 0 Å². The van der Waals surface area contributed by atoms with Crippen LogP contribution in [0.3, 0.4) is 0 Å². The number of hydrogen-bond donors (Lipinski definition) is 1. The molecule has 0 atom stereocenters. The van der Waals surface area contributed by atoms with Crippen LogP contribution < -0.4 is 15.2 Å². The summed E-state index contributed by atoms with van der Waals surface area (Å²) in [6, 6.07) is 2.72. The molecular formula is C11H14FNO2. The highest BCUT2D eigenvalue weighted by Gasteiger charge is 2.22. The first kappa shape index (κ1) is 10.1. The van der Waals surface area contributed by atoms with Gasteiger partial charge in [0.25, 0.3) is 0 Å². The summed E-state index contributed by atoms with van der Waals surface area (Å²) in [5, 5.41) is 0. The molecule has 1 aliphatic rings. The topological polar surface area (TPSA) is 44.5 Å². The molecule has 0 radical (unpaired) electrons. The molecule has 1 fully saturated rings. The second kappa shape index (κ2) is 3.96. The maximum absolute atomic E-state index is 13.4. The Kier molecular flexibility index (Phi) is 2.66. The molecule has 0 heterocycles. The predicted octanol–water partition coefficient (Wildman–Crippen LogP) is 2.21. The van der Waals surface area contributed by atoms with E-state index in [1.165, 1.54) is 32.1 Å². The number of nitrogens with two attached hydrogens (primary N) is 1. The summed E-state index contributed by atoms with van der Waals surface area (Å²) >= 11 is 0. The quantitative estimate of drug-likeness (QED) is 0.776. The van der Waals surface area contributed by atoms with E-state index in [0.717, 1.165) is 0 Å². The number of ether oxygens (including phenoxy) is 2. The SMILES string of the molecule is COc1cc(OCC2CC2)c(F)cc1N. The van der Waals surface area contributed by atoms with Gasteiger partial charge in [-0.25, -0.2) is 4.39 Å². The third kappa shape index (κ3) is 2.32. The van der Waals surface area contributed by atoms with Gasteiger partial charge in [-0.2, -0.15) is 0 Å². The highest BCUT2D eigenvalue weighted by atomic mass is 19.1. The summed E-state index contributed by atoms with van der Waals surface area (Å²) in [4.78, 5) is 0. The molecule has 82 valence electrons. The normalized spacial score (nSPS) is 15.1. The molecule has 0 bridgehead atoms. The van der Waals surface area contributed by atoms with Gasteiger partial charge in [0.2, 0.25) is 0 Å². The van der Waals surface area contributed by atoms with Crippen molar-refractivity contribution in [1.29, 1.82) is 0 Å². The molecule has 0 unspecified atom stereocenters. The number of benzene rings is 1. The van der Waals surface area contributed by atoms with E-state index in [0.29, 0.717) is 18.3 Å². The van der Waals surface area contributed by atoms with Crippen molar-refractivity contribution in [3.05, 3.63) is 17.9 Å². The molecule has 2 N–H and O–H groups in total. The van der Waals surface area contributed by atoms with E-state index in [2.05, 4.69) is 0 Å². The van der Waals surface area contributed by atoms with Crippen molar-refractivity contribution >= 4 is 5.69 Å². The Morgan fingerprint density at radius 2 is 2.13 bits per heavy atom. The molecule has 1 aliphatic carbocycles. The van der Waals surface area contributed by atoms with Crippen molar-refractivity contribution in [3.8, 4) is 11.5 Å². The molecule has 0 saturated heterocycles. The van der Waals surface area contributed by atoms with E-state index in [1.54, 1.807) is 0 Å². The molecule has 1 saturated carbocycles. The summed E-state index contributed by atoms with van der Waals surface area (Å²) in [6.07, 6.45) is 2.35. The molecule has 1 aromatic carbocycles. The molecule has 0 aromatic heterocycles. The van der Waals surface area contributed by atoms with E-state index in [-0.39, 0.29) is 11.4 Å². The lowest BCUT2D eigenvalue weighted by Crippen LogP contribution is -2.02. The van der Waals surface area contributed by atoms with Crippen molar-refractivity contribution in [2.75, 3.05) is 19.5 Å². The van der Waals surface area contributed by atoms with Crippen LogP contribution in [0.5, 0.6) is 11.5 Å². The highest BCUT2D eigenvalue weighted by molar-refractivity contribution is 5.56. The summed E-state index contributed by atoms with van der Waals surface area (Å²) in [5.41, 5.74) is 5.83. The fourth-order valence-corrected chi connectivity index (χ4v) is 1.33. The van der Waals surface area contributed by atoms with E-state index < -0.39 is 5.82 Å². The lowest BCUT2D eigenvalue weighted by molar-refractivity contribution is 0.283. The average Bonchev–Trinajstić information content (AvgIpc) is 3.00. The Bertz CT molecular complexity index is 364. The van der Waals surface area contributed by atoms with Crippen LogP contribution in [0.2, 0.25) is 0 Å². The van der Waals surface area contributed by atoms with Gasteiger partial charge >= 0.3 is 0 Å². The third-order valence-corrected chi connectivity index (χ3v) is 2.46. The van der Waals surface area contributed by atoms with E-state index >= 15 is 0 Å². The predicted molar refractivity (Wildman–Crippen MR) is 55.6 cm³/mol. The molecule has 0 aliphatic heterocycles. The zero-order valence-electron chi connectivity index (χ0n) is 8.63. The van der Waals surface area contributed by atoms with Gasteiger partial charge in [-0.05, 0) is 18.8 Å². The zero-order valence-corrected chi connectivity index (χ0v) is 8.63. The minimum absolute atomic E-state index is 0.216. The van der Waals surface area contributed by atoms with Crippen molar-refractivity contribution in [2.24, 2.45) is 5.92 Å². The van der Waals surface area contributed by atoms with Gasteiger partial charge in [-0.1, -0.05) is 0 Å². The smallest absolute Gasteiger partial charge is 0.167 e. The van der Waals surface area contributed by atoms with Crippen LogP contribution in [0.15, 0.2) is 12.1 Å². The fourth-order valence-electron chi connectivity index (χ4n) is 1.33.